The number of piperidine rings is 1. The third kappa shape index (κ3) is 3.75. The van der Waals surface area contributed by atoms with Crippen molar-refractivity contribution in [2.24, 2.45) is 17.8 Å². The highest BCUT2D eigenvalue weighted by molar-refractivity contribution is 5.94. The Bertz CT molecular complexity index is 580. The van der Waals surface area contributed by atoms with Gasteiger partial charge in [-0.25, -0.2) is 0 Å². The molecule has 0 aromatic heterocycles. The molecule has 4 heteroatoms. The quantitative estimate of drug-likeness (QED) is 0.915. The summed E-state index contributed by atoms with van der Waals surface area (Å²) in [5.74, 6) is 2.20. The van der Waals surface area contributed by atoms with Gasteiger partial charge in [-0.05, 0) is 74.2 Å². The highest BCUT2D eigenvalue weighted by Gasteiger charge is 2.38. The van der Waals surface area contributed by atoms with Crippen molar-refractivity contribution in [3.63, 3.8) is 0 Å². The van der Waals surface area contributed by atoms with E-state index in [1.165, 1.54) is 24.8 Å². The van der Waals surface area contributed by atoms with Crippen LogP contribution < -0.4 is 0 Å². The number of benzene rings is 1. The van der Waals surface area contributed by atoms with Crippen LogP contribution in [0.25, 0.3) is 0 Å². The predicted molar refractivity (Wildman–Crippen MR) is 98.3 cm³/mol. The van der Waals surface area contributed by atoms with Gasteiger partial charge in [0.05, 0.1) is 0 Å². The number of hydrogen-bond acceptors (Lipinski definition) is 3. The monoisotopic (exact) mass is 342 g/mol. The number of nitrogens with zero attached hydrogens (tertiary/aromatic N) is 2. The number of hydrogen-bond donors (Lipinski definition) is 1. The van der Waals surface area contributed by atoms with Crippen molar-refractivity contribution in [3.8, 4) is 0 Å². The molecule has 1 aliphatic carbocycles. The zero-order chi connectivity index (χ0) is 17.2. The van der Waals surface area contributed by atoms with Crippen LogP contribution >= 0.6 is 0 Å². The molecule has 1 N–H and O–H groups in total. The molecule has 2 saturated heterocycles. The van der Waals surface area contributed by atoms with E-state index < -0.39 is 0 Å². The van der Waals surface area contributed by atoms with Gasteiger partial charge in [-0.15, -0.1) is 0 Å². The molecule has 2 aliphatic heterocycles. The third-order valence-corrected chi connectivity index (χ3v) is 6.59. The van der Waals surface area contributed by atoms with Gasteiger partial charge in [0, 0.05) is 31.8 Å². The Morgan fingerprint density at radius 2 is 1.64 bits per heavy atom. The molecular formula is C21H30N2O2. The molecule has 4 rings (SSSR count). The minimum atomic E-state index is 0.213. The smallest absolute Gasteiger partial charge is 0.253 e. The summed E-state index contributed by atoms with van der Waals surface area (Å²) < 4.78 is 0. The van der Waals surface area contributed by atoms with Crippen molar-refractivity contribution in [2.45, 2.75) is 38.6 Å². The van der Waals surface area contributed by atoms with Gasteiger partial charge in [0.1, 0.15) is 0 Å². The summed E-state index contributed by atoms with van der Waals surface area (Å²) in [5.41, 5.74) is 2.11. The van der Waals surface area contributed by atoms with Crippen LogP contribution in [0.1, 0.15) is 48.0 Å². The number of aliphatic hydroxyl groups excluding tert-OH is 1. The second-order valence-electron chi connectivity index (χ2n) is 8.26. The number of fused-ring (bicyclic) bond motifs is 1. The standard InChI is InChI=1S/C21H30N2O2/c24-15-17-8-10-22(11-9-17)12-16-4-6-18(7-5-16)21(25)23-13-19-2-1-3-20(19)14-23/h4-7,17,19-20,24H,1-3,8-15H2. The number of likely N-dealkylation sites (tertiary alicyclic amines) is 2. The Kier molecular flexibility index (Phi) is 5.09. The molecule has 2 atom stereocenters. The van der Waals surface area contributed by atoms with Gasteiger partial charge in [0.15, 0.2) is 0 Å². The summed E-state index contributed by atoms with van der Waals surface area (Å²) in [4.78, 5) is 17.3. The van der Waals surface area contributed by atoms with Crippen LogP contribution in [-0.2, 0) is 6.54 Å². The number of rotatable bonds is 4. The molecule has 2 heterocycles. The molecule has 1 amide bonds. The van der Waals surface area contributed by atoms with Crippen molar-refractivity contribution in [3.05, 3.63) is 35.4 Å². The lowest BCUT2D eigenvalue weighted by molar-refractivity contribution is 0.0780. The SMILES string of the molecule is O=C(c1ccc(CN2CCC(CO)CC2)cc1)N1CC2CCCC2C1. The predicted octanol–water partition coefficient (Wildman–Crippen LogP) is 2.76. The number of amides is 1. The summed E-state index contributed by atoms with van der Waals surface area (Å²) in [7, 11) is 0. The fourth-order valence-corrected chi connectivity index (χ4v) is 4.92. The Hall–Kier alpha value is -1.39. The van der Waals surface area contributed by atoms with E-state index in [0.29, 0.717) is 12.5 Å². The lowest BCUT2D eigenvalue weighted by Gasteiger charge is -2.31. The third-order valence-electron chi connectivity index (χ3n) is 6.59. The molecule has 25 heavy (non-hydrogen) atoms. The second-order valence-corrected chi connectivity index (χ2v) is 8.26. The van der Waals surface area contributed by atoms with Gasteiger partial charge in [0.2, 0.25) is 0 Å². The van der Waals surface area contributed by atoms with Crippen LogP contribution in [0.4, 0.5) is 0 Å². The summed E-state index contributed by atoms with van der Waals surface area (Å²) in [6.45, 7) is 5.31. The Labute approximate surface area is 150 Å². The molecule has 0 radical (unpaired) electrons. The van der Waals surface area contributed by atoms with Crippen molar-refractivity contribution in [2.75, 3.05) is 32.8 Å². The molecule has 0 spiro atoms. The van der Waals surface area contributed by atoms with Gasteiger partial charge >= 0.3 is 0 Å². The van der Waals surface area contributed by atoms with Crippen molar-refractivity contribution in [1.29, 1.82) is 0 Å². The fraction of sp³-hybridized carbons (Fsp3) is 0.667. The maximum Gasteiger partial charge on any atom is 0.253 e. The maximum absolute atomic E-state index is 12.7. The highest BCUT2D eigenvalue weighted by atomic mass is 16.3. The topological polar surface area (TPSA) is 43.8 Å². The second kappa shape index (κ2) is 7.46. The zero-order valence-electron chi connectivity index (χ0n) is 15.1. The Morgan fingerprint density at radius 3 is 2.24 bits per heavy atom. The van der Waals surface area contributed by atoms with Crippen LogP contribution in [0, 0.1) is 17.8 Å². The minimum absolute atomic E-state index is 0.213. The first kappa shape index (κ1) is 17.0. The summed E-state index contributed by atoms with van der Waals surface area (Å²) >= 11 is 0. The van der Waals surface area contributed by atoms with Gasteiger partial charge in [-0.1, -0.05) is 18.6 Å². The van der Waals surface area contributed by atoms with Crippen LogP contribution in [-0.4, -0.2) is 53.6 Å². The van der Waals surface area contributed by atoms with E-state index in [0.717, 1.165) is 63.0 Å². The van der Waals surface area contributed by atoms with E-state index in [9.17, 15) is 9.90 Å². The van der Waals surface area contributed by atoms with Crippen LogP contribution in [0.2, 0.25) is 0 Å². The van der Waals surface area contributed by atoms with E-state index >= 15 is 0 Å². The average molecular weight is 342 g/mol. The minimum Gasteiger partial charge on any atom is -0.396 e. The van der Waals surface area contributed by atoms with Crippen molar-refractivity contribution >= 4 is 5.91 Å². The van der Waals surface area contributed by atoms with Gasteiger partial charge < -0.3 is 10.0 Å². The maximum atomic E-state index is 12.7. The van der Waals surface area contributed by atoms with Gasteiger partial charge in [-0.3, -0.25) is 9.69 Å². The lowest BCUT2D eigenvalue weighted by Crippen LogP contribution is -2.34. The number of carbonyl (C=O) groups is 1. The molecule has 1 saturated carbocycles. The Balaban J connectivity index is 1.32. The first-order chi connectivity index (χ1) is 12.2. The van der Waals surface area contributed by atoms with E-state index in [1.807, 2.05) is 12.1 Å². The molecule has 1 aromatic rings. The molecule has 2 unspecified atom stereocenters. The van der Waals surface area contributed by atoms with E-state index in [2.05, 4.69) is 21.9 Å². The summed E-state index contributed by atoms with van der Waals surface area (Å²) in [6, 6.07) is 8.24. The molecule has 1 aromatic carbocycles. The first-order valence-corrected chi connectivity index (χ1v) is 9.94. The van der Waals surface area contributed by atoms with Gasteiger partial charge in [-0.2, -0.15) is 0 Å². The summed E-state index contributed by atoms with van der Waals surface area (Å²) in [5, 5.41) is 9.24. The molecule has 4 nitrogen and oxygen atoms in total. The number of carbonyl (C=O) groups excluding carboxylic acids is 1. The molecular weight excluding hydrogens is 312 g/mol. The molecule has 3 fully saturated rings. The number of aliphatic hydroxyl groups is 1. The molecule has 0 bridgehead atoms. The highest BCUT2D eigenvalue weighted by Crippen LogP contribution is 2.38. The van der Waals surface area contributed by atoms with E-state index in [1.54, 1.807) is 0 Å². The van der Waals surface area contributed by atoms with Gasteiger partial charge in [0.25, 0.3) is 5.91 Å². The van der Waals surface area contributed by atoms with Crippen LogP contribution in [0.15, 0.2) is 24.3 Å². The van der Waals surface area contributed by atoms with Crippen LogP contribution in [0.5, 0.6) is 0 Å². The van der Waals surface area contributed by atoms with Crippen LogP contribution in [0.3, 0.4) is 0 Å². The van der Waals surface area contributed by atoms with E-state index in [-0.39, 0.29) is 5.91 Å². The van der Waals surface area contributed by atoms with Crippen molar-refractivity contribution in [1.82, 2.24) is 9.80 Å². The molecule has 3 aliphatic rings. The molecule has 136 valence electrons. The lowest BCUT2D eigenvalue weighted by atomic mass is 9.97. The largest absolute Gasteiger partial charge is 0.396 e. The summed E-state index contributed by atoms with van der Waals surface area (Å²) in [6.07, 6.45) is 6.14. The first-order valence-electron chi connectivity index (χ1n) is 9.94. The van der Waals surface area contributed by atoms with Crippen molar-refractivity contribution < 1.29 is 9.90 Å². The fourth-order valence-electron chi connectivity index (χ4n) is 4.92. The average Bonchev–Trinajstić information content (AvgIpc) is 3.24. The normalized spacial score (nSPS) is 27.6. The Morgan fingerprint density at radius 1 is 1.00 bits per heavy atom. The zero-order valence-corrected chi connectivity index (χ0v) is 15.1. The van der Waals surface area contributed by atoms with E-state index in [4.69, 9.17) is 0 Å².